The Bertz CT molecular complexity index is 680. The number of thiazole rings is 1. The molecule has 1 aromatic heterocycles. The number of carbonyl (C=O) groups is 1. The van der Waals surface area contributed by atoms with E-state index in [-0.39, 0.29) is 5.56 Å². The Balaban J connectivity index is 1.72. The second kappa shape index (κ2) is 6.54. The minimum absolute atomic E-state index is 0.0543. The lowest BCUT2D eigenvalue weighted by Crippen LogP contribution is -2.26. The van der Waals surface area contributed by atoms with Gasteiger partial charge in [0.15, 0.2) is 5.13 Å². The molecule has 2 heterocycles. The maximum atomic E-state index is 14.0. The molecule has 1 aliphatic heterocycles. The summed E-state index contributed by atoms with van der Waals surface area (Å²) in [4.78, 5) is 17.6. The molecule has 0 unspecified atom stereocenters. The lowest BCUT2D eigenvalue weighted by Gasteiger charge is -2.20. The zero-order chi connectivity index (χ0) is 15.5. The van der Waals surface area contributed by atoms with Crippen molar-refractivity contribution < 1.29 is 9.18 Å². The second-order valence-corrected chi connectivity index (χ2v) is 6.54. The van der Waals surface area contributed by atoms with E-state index >= 15 is 0 Å². The van der Waals surface area contributed by atoms with Crippen molar-refractivity contribution in [2.75, 3.05) is 18.4 Å². The Labute approximate surface area is 132 Å². The Morgan fingerprint density at radius 3 is 2.95 bits per heavy atom. The lowest BCUT2D eigenvalue weighted by atomic mass is 9.97. The quantitative estimate of drug-likeness (QED) is 0.912. The fourth-order valence-corrected chi connectivity index (χ4v) is 3.61. The molecule has 0 atom stereocenters. The molecule has 0 saturated carbocycles. The van der Waals surface area contributed by atoms with Crippen LogP contribution in [0.15, 0.2) is 24.4 Å². The summed E-state index contributed by atoms with van der Waals surface area (Å²) in [7, 11) is 0. The van der Waals surface area contributed by atoms with Crippen molar-refractivity contribution in [3.05, 3.63) is 46.2 Å². The van der Waals surface area contributed by atoms with Crippen LogP contribution in [0.1, 0.15) is 39.6 Å². The van der Waals surface area contributed by atoms with Gasteiger partial charge in [0.1, 0.15) is 5.82 Å². The number of nitrogens with zero attached hydrogens (tertiary/aromatic N) is 1. The standard InChI is InChI=1S/C16H18FN3OS/c1-10-3-2-4-12(14(10)17)15(21)20-16-19-9-13(22-16)11-5-7-18-8-6-11/h2-4,9,11,18H,5-8H2,1H3,(H,19,20,21). The van der Waals surface area contributed by atoms with Gasteiger partial charge in [-0.3, -0.25) is 10.1 Å². The van der Waals surface area contributed by atoms with Crippen molar-refractivity contribution in [3.63, 3.8) is 0 Å². The fraction of sp³-hybridized carbons (Fsp3) is 0.375. The number of anilines is 1. The molecule has 1 aliphatic rings. The highest BCUT2D eigenvalue weighted by molar-refractivity contribution is 7.15. The molecule has 0 radical (unpaired) electrons. The van der Waals surface area contributed by atoms with E-state index in [2.05, 4.69) is 15.6 Å². The fourth-order valence-electron chi connectivity index (χ4n) is 2.63. The van der Waals surface area contributed by atoms with Crippen LogP contribution in [0.3, 0.4) is 0 Å². The first kappa shape index (κ1) is 15.1. The van der Waals surface area contributed by atoms with E-state index in [0.29, 0.717) is 16.6 Å². The second-order valence-electron chi connectivity index (χ2n) is 5.48. The molecule has 0 bridgehead atoms. The molecule has 2 aromatic rings. The van der Waals surface area contributed by atoms with Gasteiger partial charge in [0.25, 0.3) is 5.91 Å². The van der Waals surface area contributed by atoms with Crippen LogP contribution in [-0.4, -0.2) is 24.0 Å². The predicted octanol–water partition coefficient (Wildman–Crippen LogP) is 3.31. The number of amides is 1. The Hall–Kier alpha value is -1.79. The van der Waals surface area contributed by atoms with Gasteiger partial charge in [-0.2, -0.15) is 0 Å². The van der Waals surface area contributed by atoms with Crippen molar-refractivity contribution in [2.45, 2.75) is 25.7 Å². The number of hydrogen-bond donors (Lipinski definition) is 2. The summed E-state index contributed by atoms with van der Waals surface area (Å²) in [5, 5.41) is 6.56. The van der Waals surface area contributed by atoms with Crippen LogP contribution in [0.5, 0.6) is 0 Å². The van der Waals surface area contributed by atoms with E-state index in [1.807, 2.05) is 6.20 Å². The number of carbonyl (C=O) groups excluding carboxylic acids is 1. The van der Waals surface area contributed by atoms with E-state index < -0.39 is 11.7 Å². The maximum absolute atomic E-state index is 14.0. The first-order valence-electron chi connectivity index (χ1n) is 7.38. The van der Waals surface area contributed by atoms with E-state index in [9.17, 15) is 9.18 Å². The number of hydrogen-bond acceptors (Lipinski definition) is 4. The van der Waals surface area contributed by atoms with E-state index in [1.54, 1.807) is 19.1 Å². The molecule has 1 amide bonds. The van der Waals surface area contributed by atoms with Crippen LogP contribution in [0.25, 0.3) is 0 Å². The lowest BCUT2D eigenvalue weighted by molar-refractivity contribution is 0.102. The van der Waals surface area contributed by atoms with Crippen molar-refractivity contribution in [2.24, 2.45) is 0 Å². The van der Waals surface area contributed by atoms with Gasteiger partial charge in [-0.1, -0.05) is 12.1 Å². The molecular weight excluding hydrogens is 301 g/mol. The average molecular weight is 319 g/mol. The van der Waals surface area contributed by atoms with Crippen LogP contribution in [-0.2, 0) is 0 Å². The summed E-state index contributed by atoms with van der Waals surface area (Å²) in [6.45, 7) is 3.67. The zero-order valence-electron chi connectivity index (χ0n) is 12.4. The average Bonchev–Trinajstić information content (AvgIpc) is 2.99. The monoisotopic (exact) mass is 319 g/mol. The molecule has 2 N–H and O–H groups in total. The van der Waals surface area contributed by atoms with Crippen molar-refractivity contribution >= 4 is 22.4 Å². The topological polar surface area (TPSA) is 54.0 Å². The van der Waals surface area contributed by atoms with Crippen LogP contribution in [0.4, 0.5) is 9.52 Å². The third-order valence-corrected chi connectivity index (χ3v) is 5.00. The van der Waals surface area contributed by atoms with Crippen molar-refractivity contribution in [3.8, 4) is 0 Å². The van der Waals surface area contributed by atoms with Crippen LogP contribution in [0.2, 0.25) is 0 Å². The molecule has 4 nitrogen and oxygen atoms in total. The van der Waals surface area contributed by atoms with E-state index in [0.717, 1.165) is 25.9 Å². The molecule has 6 heteroatoms. The molecule has 0 spiro atoms. The smallest absolute Gasteiger partial charge is 0.260 e. The molecular formula is C16H18FN3OS. The SMILES string of the molecule is Cc1cccc(C(=O)Nc2ncc(C3CCNCC3)s2)c1F. The minimum Gasteiger partial charge on any atom is -0.317 e. The molecule has 0 aliphatic carbocycles. The highest BCUT2D eigenvalue weighted by Gasteiger charge is 2.19. The summed E-state index contributed by atoms with van der Waals surface area (Å²) in [6.07, 6.45) is 3.99. The van der Waals surface area contributed by atoms with E-state index in [4.69, 9.17) is 0 Å². The number of aromatic nitrogens is 1. The van der Waals surface area contributed by atoms with E-state index in [1.165, 1.54) is 22.3 Å². The van der Waals surface area contributed by atoms with Crippen molar-refractivity contribution in [1.29, 1.82) is 0 Å². The van der Waals surface area contributed by atoms with Gasteiger partial charge in [0, 0.05) is 11.1 Å². The third kappa shape index (κ3) is 3.18. The van der Waals surface area contributed by atoms with Gasteiger partial charge in [0.05, 0.1) is 5.56 Å². The normalized spacial score (nSPS) is 15.7. The summed E-state index contributed by atoms with van der Waals surface area (Å²) >= 11 is 1.48. The molecule has 1 saturated heterocycles. The molecule has 22 heavy (non-hydrogen) atoms. The maximum Gasteiger partial charge on any atom is 0.260 e. The van der Waals surface area contributed by atoms with Gasteiger partial charge >= 0.3 is 0 Å². The number of halogens is 1. The number of aryl methyl sites for hydroxylation is 1. The number of benzene rings is 1. The summed E-state index contributed by atoms with van der Waals surface area (Å²) in [5.41, 5.74) is 0.515. The molecule has 116 valence electrons. The van der Waals surface area contributed by atoms with Crippen LogP contribution in [0, 0.1) is 12.7 Å². The highest BCUT2D eigenvalue weighted by atomic mass is 32.1. The molecule has 1 fully saturated rings. The Morgan fingerprint density at radius 1 is 1.41 bits per heavy atom. The van der Waals surface area contributed by atoms with Gasteiger partial charge < -0.3 is 5.32 Å². The number of nitrogens with one attached hydrogen (secondary N) is 2. The Kier molecular flexibility index (Phi) is 4.49. The van der Waals surface area contributed by atoms with Gasteiger partial charge in [0.2, 0.25) is 0 Å². The predicted molar refractivity (Wildman–Crippen MR) is 86.0 cm³/mol. The third-order valence-electron chi connectivity index (χ3n) is 3.92. The minimum atomic E-state index is -0.477. The number of piperidine rings is 1. The zero-order valence-corrected chi connectivity index (χ0v) is 13.2. The number of rotatable bonds is 3. The van der Waals surface area contributed by atoms with Gasteiger partial charge in [-0.25, -0.2) is 9.37 Å². The molecule has 3 rings (SSSR count). The molecule has 1 aromatic carbocycles. The Morgan fingerprint density at radius 2 is 2.18 bits per heavy atom. The summed E-state index contributed by atoms with van der Waals surface area (Å²) in [6, 6.07) is 4.80. The van der Waals surface area contributed by atoms with Crippen LogP contribution >= 0.6 is 11.3 Å². The largest absolute Gasteiger partial charge is 0.317 e. The first-order chi connectivity index (χ1) is 10.6. The van der Waals surface area contributed by atoms with Gasteiger partial charge in [-0.05, 0) is 50.4 Å². The summed E-state index contributed by atoms with van der Waals surface area (Å²) < 4.78 is 14.0. The first-order valence-corrected chi connectivity index (χ1v) is 8.19. The van der Waals surface area contributed by atoms with Gasteiger partial charge in [-0.15, -0.1) is 11.3 Å². The van der Waals surface area contributed by atoms with Crippen LogP contribution < -0.4 is 10.6 Å². The van der Waals surface area contributed by atoms with Crippen molar-refractivity contribution in [1.82, 2.24) is 10.3 Å². The summed E-state index contributed by atoms with van der Waals surface area (Å²) in [5.74, 6) is -0.428. The highest BCUT2D eigenvalue weighted by Crippen LogP contribution is 2.31.